The Morgan fingerprint density at radius 2 is 1.32 bits per heavy atom. The molecule has 6 amide bonds. The van der Waals surface area contributed by atoms with Crippen molar-refractivity contribution in [3.05, 3.63) is 0 Å². The minimum absolute atomic E-state index is 0.149. The van der Waals surface area contributed by atoms with Crippen LogP contribution in [0.2, 0.25) is 0 Å². The largest absolute Gasteiger partial charge is 0.370 e. The molecule has 0 aromatic heterocycles. The highest BCUT2D eigenvalue weighted by Gasteiger charge is 2.33. The Kier molecular flexibility index (Phi) is 15.4. The molecule has 37 heavy (non-hydrogen) atoms. The Labute approximate surface area is 217 Å². The molecular weight excluding hydrogens is 484 g/mol. The van der Waals surface area contributed by atoms with Gasteiger partial charge in [-0.25, -0.2) is 0 Å². The number of primary amides is 2. The Morgan fingerprint density at radius 1 is 0.784 bits per heavy atom. The van der Waals surface area contributed by atoms with E-state index in [0.717, 1.165) is 0 Å². The van der Waals surface area contributed by atoms with Crippen LogP contribution in [0.3, 0.4) is 0 Å². The molecule has 0 rings (SSSR count). The summed E-state index contributed by atoms with van der Waals surface area (Å²) in [5, 5.41) is 10.2. The number of rotatable bonds is 18. The van der Waals surface area contributed by atoms with E-state index in [4.69, 9.17) is 11.5 Å². The van der Waals surface area contributed by atoms with Crippen molar-refractivity contribution in [2.45, 2.75) is 97.3 Å². The van der Waals surface area contributed by atoms with Gasteiger partial charge < -0.3 is 37.5 Å². The molecule has 0 saturated heterocycles. The molecule has 0 aromatic rings. The minimum Gasteiger partial charge on any atom is -0.370 e. The zero-order valence-corrected chi connectivity index (χ0v) is 22.3. The van der Waals surface area contributed by atoms with Crippen LogP contribution in [0.25, 0.3) is 0 Å². The van der Waals surface area contributed by atoms with E-state index in [-0.39, 0.29) is 37.5 Å². The first-order valence-electron chi connectivity index (χ1n) is 12.4. The number of aldehydes is 1. The van der Waals surface area contributed by atoms with Crippen molar-refractivity contribution in [3.63, 3.8) is 0 Å². The first kappa shape index (κ1) is 33.5. The quantitative estimate of drug-likeness (QED) is 0.0941. The molecule has 1 unspecified atom stereocenters. The molecule has 210 valence electrons. The van der Waals surface area contributed by atoms with Gasteiger partial charge in [0.1, 0.15) is 30.5 Å². The first-order chi connectivity index (χ1) is 17.2. The summed E-state index contributed by atoms with van der Waals surface area (Å²) in [4.78, 5) is 84.4. The van der Waals surface area contributed by atoms with Crippen molar-refractivity contribution in [3.8, 4) is 0 Å². The molecule has 0 spiro atoms. The normalized spacial score (nSPS) is 14.9. The van der Waals surface area contributed by atoms with Crippen molar-refractivity contribution < 1.29 is 33.6 Å². The summed E-state index contributed by atoms with van der Waals surface area (Å²) in [6.07, 6.45) is 1.46. The monoisotopic (exact) mass is 526 g/mol. The molecule has 0 heterocycles. The third-order valence-corrected chi connectivity index (χ3v) is 5.89. The molecule has 0 aromatic carbocycles. The highest BCUT2D eigenvalue weighted by molar-refractivity contribution is 5.95. The fourth-order valence-electron chi connectivity index (χ4n) is 3.51. The maximum Gasteiger partial charge on any atom is 0.243 e. The summed E-state index contributed by atoms with van der Waals surface area (Å²) < 4.78 is 0. The van der Waals surface area contributed by atoms with E-state index >= 15 is 0 Å². The van der Waals surface area contributed by atoms with Gasteiger partial charge in [-0.3, -0.25) is 28.8 Å². The zero-order valence-electron chi connectivity index (χ0n) is 22.3. The van der Waals surface area contributed by atoms with Crippen molar-refractivity contribution in [1.29, 1.82) is 0 Å². The average Bonchev–Trinajstić information content (AvgIpc) is 2.81. The average molecular weight is 527 g/mol. The van der Waals surface area contributed by atoms with Crippen LogP contribution in [-0.2, 0) is 33.6 Å². The third kappa shape index (κ3) is 12.8. The van der Waals surface area contributed by atoms with Gasteiger partial charge in [-0.1, -0.05) is 34.1 Å². The van der Waals surface area contributed by atoms with Crippen LogP contribution in [0.4, 0.5) is 0 Å². The van der Waals surface area contributed by atoms with Gasteiger partial charge in [-0.05, 0) is 31.1 Å². The molecule has 0 fully saturated rings. The molecule has 0 radical (unpaired) electrons. The van der Waals surface area contributed by atoms with E-state index in [2.05, 4.69) is 21.3 Å². The lowest BCUT2D eigenvalue weighted by atomic mass is 9.96. The lowest BCUT2D eigenvalue weighted by molar-refractivity contribution is -0.135. The Bertz CT molecular complexity index is 832. The standard InChI is InChI=1S/C24H42N6O7/c1-6-14(4)20(24(37)29-19(13(2)3)21(26)34)30-23(36)17(10-11-18(25)33)28-22(35)16(27-15(5)32)9-7-8-12-31/h12-14,16-17,19-20H,6-11H2,1-5H3,(H2,25,33)(H2,26,34)(H,27,32)(H,28,35)(H,29,37)(H,30,36)/t14?,16-,17-,19-,20-/m0/s1. The summed E-state index contributed by atoms with van der Waals surface area (Å²) in [6, 6.07) is -4.29. The Balaban J connectivity index is 5.81. The van der Waals surface area contributed by atoms with E-state index in [1.807, 2.05) is 6.92 Å². The number of nitrogens with one attached hydrogen (secondary N) is 4. The molecule has 0 saturated carbocycles. The first-order valence-corrected chi connectivity index (χ1v) is 12.4. The van der Waals surface area contributed by atoms with Gasteiger partial charge in [0.15, 0.2) is 0 Å². The molecule has 0 aliphatic carbocycles. The fourth-order valence-corrected chi connectivity index (χ4v) is 3.51. The maximum atomic E-state index is 13.2. The number of hydrogen-bond donors (Lipinski definition) is 6. The summed E-state index contributed by atoms with van der Waals surface area (Å²) in [5.74, 6) is -4.60. The predicted octanol–water partition coefficient (Wildman–Crippen LogP) is -1.23. The van der Waals surface area contributed by atoms with Crippen LogP contribution >= 0.6 is 0 Å². The van der Waals surface area contributed by atoms with Crippen molar-refractivity contribution >= 4 is 41.7 Å². The van der Waals surface area contributed by atoms with Crippen LogP contribution in [0.15, 0.2) is 0 Å². The van der Waals surface area contributed by atoms with Gasteiger partial charge in [0, 0.05) is 19.8 Å². The van der Waals surface area contributed by atoms with E-state index in [1.165, 1.54) is 6.92 Å². The number of carbonyl (C=O) groups excluding carboxylic acids is 7. The highest BCUT2D eigenvalue weighted by atomic mass is 16.2. The second-order valence-electron chi connectivity index (χ2n) is 9.42. The van der Waals surface area contributed by atoms with E-state index < -0.39 is 59.6 Å². The van der Waals surface area contributed by atoms with E-state index in [9.17, 15) is 33.6 Å². The van der Waals surface area contributed by atoms with Crippen LogP contribution in [0, 0.1) is 11.8 Å². The van der Waals surface area contributed by atoms with Crippen LogP contribution in [-0.4, -0.2) is 65.9 Å². The molecule has 13 nitrogen and oxygen atoms in total. The van der Waals surface area contributed by atoms with Crippen molar-refractivity contribution in [2.24, 2.45) is 23.3 Å². The van der Waals surface area contributed by atoms with Crippen molar-refractivity contribution in [1.82, 2.24) is 21.3 Å². The lowest BCUT2D eigenvalue weighted by Crippen LogP contribution is -2.60. The summed E-state index contributed by atoms with van der Waals surface area (Å²) in [6.45, 7) is 8.19. The predicted molar refractivity (Wildman–Crippen MR) is 135 cm³/mol. The number of hydrogen-bond acceptors (Lipinski definition) is 7. The topological polar surface area (TPSA) is 220 Å². The number of amides is 6. The molecule has 8 N–H and O–H groups in total. The van der Waals surface area contributed by atoms with Crippen LogP contribution in [0.1, 0.15) is 73.1 Å². The van der Waals surface area contributed by atoms with Gasteiger partial charge in [-0.15, -0.1) is 0 Å². The molecule has 0 aliphatic rings. The summed E-state index contributed by atoms with van der Waals surface area (Å²) in [7, 11) is 0. The van der Waals surface area contributed by atoms with E-state index in [1.54, 1.807) is 20.8 Å². The fraction of sp³-hybridized carbons (Fsp3) is 0.708. The third-order valence-electron chi connectivity index (χ3n) is 5.89. The molecule has 13 heteroatoms. The van der Waals surface area contributed by atoms with Crippen molar-refractivity contribution in [2.75, 3.05) is 0 Å². The summed E-state index contributed by atoms with van der Waals surface area (Å²) in [5.41, 5.74) is 10.6. The second-order valence-corrected chi connectivity index (χ2v) is 9.42. The minimum atomic E-state index is -1.25. The SMILES string of the molecule is CCC(C)[C@H](NC(=O)[C@H](CCC(N)=O)NC(=O)[C@H](CCCC=O)NC(C)=O)C(=O)N[C@H](C(N)=O)C(C)C. The highest BCUT2D eigenvalue weighted by Crippen LogP contribution is 2.11. The van der Waals surface area contributed by atoms with Gasteiger partial charge >= 0.3 is 0 Å². The lowest BCUT2D eigenvalue weighted by Gasteiger charge is -2.29. The van der Waals surface area contributed by atoms with Gasteiger partial charge in [0.25, 0.3) is 0 Å². The maximum absolute atomic E-state index is 13.2. The van der Waals surface area contributed by atoms with E-state index in [0.29, 0.717) is 19.1 Å². The molecule has 5 atom stereocenters. The Morgan fingerprint density at radius 3 is 1.78 bits per heavy atom. The van der Waals surface area contributed by atoms with Gasteiger partial charge in [0.2, 0.25) is 35.4 Å². The number of unbranched alkanes of at least 4 members (excludes halogenated alkanes) is 1. The van der Waals surface area contributed by atoms with Crippen LogP contribution < -0.4 is 32.7 Å². The van der Waals surface area contributed by atoms with Gasteiger partial charge in [0.05, 0.1) is 0 Å². The molecular formula is C24H42N6O7. The zero-order chi connectivity index (χ0) is 28.7. The van der Waals surface area contributed by atoms with Gasteiger partial charge in [-0.2, -0.15) is 0 Å². The second kappa shape index (κ2) is 17.0. The summed E-state index contributed by atoms with van der Waals surface area (Å²) >= 11 is 0. The molecule has 0 bridgehead atoms. The smallest absolute Gasteiger partial charge is 0.243 e. The number of nitrogens with two attached hydrogens (primary N) is 2. The number of carbonyl (C=O) groups is 7. The molecule has 0 aliphatic heterocycles. The Hall–Kier alpha value is -3.51. The van der Waals surface area contributed by atoms with Crippen LogP contribution in [0.5, 0.6) is 0 Å².